The topological polar surface area (TPSA) is 90.3 Å². The van der Waals surface area contributed by atoms with Crippen molar-refractivity contribution >= 4 is 29.3 Å². The largest absolute Gasteiger partial charge is 0.493 e. The third-order valence-corrected chi connectivity index (χ3v) is 6.15. The van der Waals surface area contributed by atoms with Gasteiger partial charge in [-0.2, -0.15) is 4.98 Å². The SMILES string of the molecule is COc1ccc([C@@H]2C(C(=O)Nc3ccc(C)cc3C)=C(C)Nc3nc(SC)nn32)cc1OC. The molecule has 4 rings (SSSR count). The van der Waals surface area contributed by atoms with Crippen molar-refractivity contribution in [3.8, 4) is 11.5 Å². The molecule has 0 bridgehead atoms. The number of amides is 1. The molecule has 3 aromatic rings. The van der Waals surface area contributed by atoms with E-state index >= 15 is 0 Å². The van der Waals surface area contributed by atoms with Crippen molar-refractivity contribution in [3.63, 3.8) is 0 Å². The summed E-state index contributed by atoms with van der Waals surface area (Å²) >= 11 is 1.44. The van der Waals surface area contributed by atoms with Gasteiger partial charge in [0.2, 0.25) is 11.1 Å². The Morgan fingerprint density at radius 3 is 2.52 bits per heavy atom. The summed E-state index contributed by atoms with van der Waals surface area (Å²) in [6.07, 6.45) is 1.92. The van der Waals surface area contributed by atoms with Gasteiger partial charge in [0.05, 0.1) is 19.8 Å². The maximum Gasteiger partial charge on any atom is 0.255 e. The second-order valence-corrected chi connectivity index (χ2v) is 8.59. The van der Waals surface area contributed by atoms with Crippen LogP contribution in [-0.2, 0) is 4.79 Å². The van der Waals surface area contributed by atoms with Crippen LogP contribution < -0.4 is 20.1 Å². The fraction of sp³-hybridized carbons (Fsp3) is 0.292. The minimum atomic E-state index is -0.500. The number of fused-ring (bicyclic) bond motifs is 1. The van der Waals surface area contributed by atoms with E-state index < -0.39 is 6.04 Å². The molecule has 2 heterocycles. The number of thioether (sulfide) groups is 1. The summed E-state index contributed by atoms with van der Waals surface area (Å²) in [5.74, 6) is 1.56. The normalized spacial score (nSPS) is 15.0. The molecule has 0 saturated carbocycles. The van der Waals surface area contributed by atoms with Crippen molar-refractivity contribution in [3.05, 3.63) is 64.4 Å². The van der Waals surface area contributed by atoms with Gasteiger partial charge in [-0.25, -0.2) is 4.68 Å². The Morgan fingerprint density at radius 2 is 1.85 bits per heavy atom. The van der Waals surface area contributed by atoms with Crippen LogP contribution in [0.25, 0.3) is 0 Å². The Bertz CT molecular complexity index is 1250. The Kier molecular flexibility index (Phi) is 6.33. The molecule has 8 nitrogen and oxygen atoms in total. The van der Waals surface area contributed by atoms with Gasteiger partial charge in [-0.15, -0.1) is 5.10 Å². The number of ether oxygens (including phenoxy) is 2. The summed E-state index contributed by atoms with van der Waals surface area (Å²) in [5.41, 5.74) is 5.00. The van der Waals surface area contributed by atoms with Crippen LogP contribution in [0.1, 0.15) is 29.7 Å². The van der Waals surface area contributed by atoms with E-state index in [9.17, 15) is 4.79 Å². The van der Waals surface area contributed by atoms with E-state index in [0.29, 0.717) is 33.9 Å². The van der Waals surface area contributed by atoms with Gasteiger partial charge in [-0.1, -0.05) is 35.5 Å². The molecular weight excluding hydrogens is 438 g/mol. The average molecular weight is 466 g/mol. The molecule has 9 heteroatoms. The molecule has 0 saturated heterocycles. The fourth-order valence-electron chi connectivity index (χ4n) is 3.99. The van der Waals surface area contributed by atoms with Gasteiger partial charge < -0.3 is 20.1 Å². The lowest BCUT2D eigenvalue weighted by atomic mass is 9.94. The van der Waals surface area contributed by atoms with Crippen LogP contribution in [0.4, 0.5) is 11.6 Å². The molecule has 1 aromatic heterocycles. The number of aryl methyl sites for hydroxylation is 2. The predicted octanol–water partition coefficient (Wildman–Crippen LogP) is 4.56. The van der Waals surface area contributed by atoms with Crippen molar-refractivity contribution in [1.29, 1.82) is 0 Å². The minimum absolute atomic E-state index is 0.210. The zero-order valence-electron chi connectivity index (χ0n) is 19.5. The molecule has 0 aliphatic carbocycles. The molecule has 1 amide bonds. The van der Waals surface area contributed by atoms with E-state index in [1.54, 1.807) is 18.9 Å². The second kappa shape index (κ2) is 9.19. The van der Waals surface area contributed by atoms with E-state index in [1.165, 1.54) is 11.8 Å². The summed E-state index contributed by atoms with van der Waals surface area (Å²) in [7, 11) is 3.18. The van der Waals surface area contributed by atoms with Crippen molar-refractivity contribution in [2.45, 2.75) is 32.0 Å². The number of carbonyl (C=O) groups excluding carboxylic acids is 1. The number of hydrogen-bond donors (Lipinski definition) is 2. The zero-order chi connectivity index (χ0) is 23.7. The fourth-order valence-corrected chi connectivity index (χ4v) is 4.33. The first-order valence-electron chi connectivity index (χ1n) is 10.4. The third kappa shape index (κ3) is 4.28. The molecule has 0 unspecified atom stereocenters. The molecule has 172 valence electrons. The second-order valence-electron chi connectivity index (χ2n) is 7.82. The average Bonchev–Trinajstić information content (AvgIpc) is 3.22. The maximum absolute atomic E-state index is 13.6. The lowest BCUT2D eigenvalue weighted by Crippen LogP contribution is -2.31. The molecule has 1 aliphatic heterocycles. The van der Waals surface area contributed by atoms with Crippen LogP contribution in [0, 0.1) is 13.8 Å². The molecule has 33 heavy (non-hydrogen) atoms. The van der Waals surface area contributed by atoms with E-state index in [4.69, 9.17) is 9.47 Å². The highest BCUT2D eigenvalue weighted by atomic mass is 32.2. The molecular formula is C24H27N5O3S. The maximum atomic E-state index is 13.6. The van der Waals surface area contributed by atoms with Crippen LogP contribution in [0.15, 0.2) is 52.8 Å². The molecule has 2 aromatic carbocycles. The highest BCUT2D eigenvalue weighted by Gasteiger charge is 2.35. The summed E-state index contributed by atoms with van der Waals surface area (Å²) in [6, 6.07) is 11.1. The quantitative estimate of drug-likeness (QED) is 0.516. The molecule has 0 radical (unpaired) electrons. The number of nitrogens with zero attached hydrogens (tertiary/aromatic N) is 3. The van der Waals surface area contributed by atoms with Gasteiger partial charge in [0, 0.05) is 11.4 Å². The summed E-state index contributed by atoms with van der Waals surface area (Å²) in [5, 5.41) is 11.6. The summed E-state index contributed by atoms with van der Waals surface area (Å²) in [6.45, 7) is 5.88. The number of hydrogen-bond acceptors (Lipinski definition) is 7. The minimum Gasteiger partial charge on any atom is -0.493 e. The Balaban J connectivity index is 1.82. The van der Waals surface area contributed by atoms with E-state index in [0.717, 1.165) is 22.4 Å². The third-order valence-electron chi connectivity index (χ3n) is 5.61. The summed E-state index contributed by atoms with van der Waals surface area (Å²) in [4.78, 5) is 18.2. The van der Waals surface area contributed by atoms with Crippen LogP contribution in [-0.4, -0.2) is 41.1 Å². The highest BCUT2D eigenvalue weighted by Crippen LogP contribution is 2.39. The number of nitrogens with one attached hydrogen (secondary N) is 2. The molecule has 1 aliphatic rings. The highest BCUT2D eigenvalue weighted by molar-refractivity contribution is 7.98. The first kappa shape index (κ1) is 22.7. The van der Waals surface area contributed by atoms with Gasteiger partial charge in [0.25, 0.3) is 5.91 Å². The summed E-state index contributed by atoms with van der Waals surface area (Å²) < 4.78 is 12.7. The van der Waals surface area contributed by atoms with Crippen molar-refractivity contribution < 1.29 is 14.3 Å². The number of carbonyl (C=O) groups is 1. The number of aromatic nitrogens is 3. The van der Waals surface area contributed by atoms with Crippen LogP contribution in [0.2, 0.25) is 0 Å². The number of rotatable bonds is 6. The predicted molar refractivity (Wildman–Crippen MR) is 130 cm³/mol. The van der Waals surface area contributed by atoms with Crippen LogP contribution in [0.5, 0.6) is 11.5 Å². The Hall–Kier alpha value is -3.46. The van der Waals surface area contributed by atoms with Crippen LogP contribution >= 0.6 is 11.8 Å². The van der Waals surface area contributed by atoms with Crippen molar-refractivity contribution in [2.24, 2.45) is 0 Å². The molecule has 0 spiro atoms. The van der Waals surface area contributed by atoms with Gasteiger partial charge in [-0.05, 0) is 56.4 Å². The zero-order valence-corrected chi connectivity index (χ0v) is 20.3. The lowest BCUT2D eigenvalue weighted by Gasteiger charge is -2.29. The van der Waals surface area contributed by atoms with E-state index in [1.807, 2.05) is 63.4 Å². The first-order valence-corrected chi connectivity index (χ1v) is 11.7. The van der Waals surface area contributed by atoms with Gasteiger partial charge in [0.15, 0.2) is 11.5 Å². The van der Waals surface area contributed by atoms with Crippen molar-refractivity contribution in [2.75, 3.05) is 31.1 Å². The number of benzene rings is 2. The molecule has 1 atom stereocenters. The molecule has 0 fully saturated rings. The number of allylic oxidation sites excluding steroid dienone is 1. The monoisotopic (exact) mass is 465 g/mol. The Labute approximate surface area is 197 Å². The smallest absolute Gasteiger partial charge is 0.255 e. The number of methoxy groups -OCH3 is 2. The van der Waals surface area contributed by atoms with E-state index in [-0.39, 0.29) is 5.91 Å². The van der Waals surface area contributed by atoms with Gasteiger partial charge in [0.1, 0.15) is 6.04 Å². The van der Waals surface area contributed by atoms with E-state index in [2.05, 4.69) is 20.7 Å². The standard InChI is InChI=1S/C24H27N5O3S/c1-13-7-9-17(14(2)11-13)26-22(30)20-15(3)25-23-27-24(33-6)28-29(23)21(20)16-8-10-18(31-4)19(12-16)32-5/h7-12,21H,1-6H3,(H,26,30)(H,25,27,28)/t21-/m1/s1. The molecule has 2 N–H and O–H groups in total. The Morgan fingerprint density at radius 1 is 1.09 bits per heavy atom. The lowest BCUT2D eigenvalue weighted by molar-refractivity contribution is -0.113. The number of anilines is 2. The van der Waals surface area contributed by atoms with Gasteiger partial charge >= 0.3 is 0 Å². The van der Waals surface area contributed by atoms with Crippen LogP contribution in [0.3, 0.4) is 0 Å². The van der Waals surface area contributed by atoms with Crippen molar-refractivity contribution in [1.82, 2.24) is 14.8 Å². The first-order chi connectivity index (χ1) is 15.9. The van der Waals surface area contributed by atoms with Gasteiger partial charge in [-0.3, -0.25) is 4.79 Å².